The molecule has 266 valence electrons. The van der Waals surface area contributed by atoms with E-state index >= 15 is 0 Å². The number of nitrogens with zero attached hydrogens (tertiary/aromatic N) is 5. The van der Waals surface area contributed by atoms with E-state index in [0.717, 1.165) is 93.1 Å². The van der Waals surface area contributed by atoms with Crippen LogP contribution in [0.3, 0.4) is 0 Å². The minimum absolute atomic E-state index is 0.243. The van der Waals surface area contributed by atoms with E-state index in [4.69, 9.17) is 8.83 Å². The molecule has 0 aliphatic rings. The smallest absolute Gasteiger partial charge is 0.137 e. The Kier molecular flexibility index (Phi) is 6.41. The third kappa shape index (κ3) is 4.23. The molecule has 12 rings (SSSR count). The number of para-hydroxylation sites is 4. The summed E-state index contributed by atoms with van der Waals surface area (Å²) >= 11 is 0. The zero-order chi connectivity index (χ0) is 38.6. The molecular formula is C51H25N5O2. The van der Waals surface area contributed by atoms with Gasteiger partial charge >= 0.3 is 0 Å². The van der Waals surface area contributed by atoms with Crippen LogP contribution in [0.2, 0.25) is 0 Å². The molecule has 4 aromatic heterocycles. The summed E-state index contributed by atoms with van der Waals surface area (Å²) < 4.78 is 16.9. The van der Waals surface area contributed by atoms with Crippen molar-refractivity contribution in [2.75, 3.05) is 0 Å². The van der Waals surface area contributed by atoms with Gasteiger partial charge in [0.1, 0.15) is 40.5 Å². The van der Waals surface area contributed by atoms with Crippen molar-refractivity contribution in [2.45, 2.75) is 0 Å². The standard InChI is InChI=1S/C51H25N5O2/c52-26-30-17-19-32(51(41(30)28-54)56-44-14-6-2-10-34(44)38-23-40-36-12-4-8-16-48(36)58-50(40)25-46(38)56)29-18-20-42(31(21-29)27-53)55-43-13-5-1-9-33(43)37-22-39-35-11-3-7-15-47(35)57-49(39)24-45(37)55/h1-25H. The lowest BCUT2D eigenvalue weighted by atomic mass is 9.95. The van der Waals surface area contributed by atoms with Crippen molar-refractivity contribution in [3.8, 4) is 40.7 Å². The summed E-state index contributed by atoms with van der Waals surface area (Å²) in [6.07, 6.45) is 0. The fourth-order valence-corrected chi connectivity index (χ4v) is 9.13. The van der Waals surface area contributed by atoms with Crippen LogP contribution in [0.25, 0.3) is 110 Å². The van der Waals surface area contributed by atoms with Crippen molar-refractivity contribution in [1.29, 1.82) is 15.8 Å². The molecule has 0 aliphatic carbocycles. The third-order valence-corrected chi connectivity index (χ3v) is 11.6. The van der Waals surface area contributed by atoms with Crippen LogP contribution in [0.15, 0.2) is 160 Å². The van der Waals surface area contributed by atoms with Crippen LogP contribution in [-0.4, -0.2) is 9.13 Å². The van der Waals surface area contributed by atoms with Crippen LogP contribution in [0.1, 0.15) is 16.7 Å². The molecule has 0 N–H and O–H groups in total. The zero-order valence-corrected chi connectivity index (χ0v) is 30.5. The fourth-order valence-electron chi connectivity index (χ4n) is 9.13. The molecule has 0 fully saturated rings. The number of hydrogen-bond donors (Lipinski definition) is 0. The van der Waals surface area contributed by atoms with Crippen molar-refractivity contribution in [3.63, 3.8) is 0 Å². The highest BCUT2D eigenvalue weighted by Crippen LogP contribution is 2.43. The maximum absolute atomic E-state index is 10.9. The predicted octanol–water partition coefficient (Wildman–Crippen LogP) is 13.0. The van der Waals surface area contributed by atoms with Crippen LogP contribution < -0.4 is 0 Å². The Morgan fingerprint density at radius 1 is 0.379 bits per heavy atom. The van der Waals surface area contributed by atoms with Gasteiger partial charge in [0.25, 0.3) is 0 Å². The lowest BCUT2D eigenvalue weighted by molar-refractivity contribution is 0.669. The molecular weight excluding hydrogens is 715 g/mol. The van der Waals surface area contributed by atoms with E-state index in [1.807, 2.05) is 97.1 Å². The average molecular weight is 740 g/mol. The van der Waals surface area contributed by atoms with Crippen molar-refractivity contribution < 1.29 is 8.83 Å². The second-order valence-corrected chi connectivity index (χ2v) is 14.6. The van der Waals surface area contributed by atoms with Gasteiger partial charge in [-0.1, -0.05) is 84.9 Å². The third-order valence-electron chi connectivity index (χ3n) is 11.6. The molecule has 0 radical (unpaired) electrons. The van der Waals surface area contributed by atoms with Gasteiger partial charge in [0.05, 0.1) is 50.1 Å². The highest BCUT2D eigenvalue weighted by molar-refractivity contribution is 6.19. The van der Waals surface area contributed by atoms with Gasteiger partial charge < -0.3 is 18.0 Å². The van der Waals surface area contributed by atoms with E-state index in [-0.39, 0.29) is 11.1 Å². The van der Waals surface area contributed by atoms with Crippen molar-refractivity contribution in [1.82, 2.24) is 9.13 Å². The number of benzene rings is 8. The minimum atomic E-state index is 0.243. The van der Waals surface area contributed by atoms with E-state index in [1.165, 1.54) is 0 Å². The maximum atomic E-state index is 10.9. The molecule has 0 aliphatic heterocycles. The van der Waals surface area contributed by atoms with Gasteiger partial charge in [0.2, 0.25) is 0 Å². The van der Waals surface area contributed by atoms with Gasteiger partial charge in [0.15, 0.2) is 0 Å². The monoisotopic (exact) mass is 739 g/mol. The van der Waals surface area contributed by atoms with Gasteiger partial charge in [-0.05, 0) is 60.2 Å². The van der Waals surface area contributed by atoms with Crippen LogP contribution in [-0.2, 0) is 0 Å². The minimum Gasteiger partial charge on any atom is -0.456 e. The predicted molar refractivity (Wildman–Crippen MR) is 229 cm³/mol. The number of aromatic nitrogens is 2. The van der Waals surface area contributed by atoms with Gasteiger partial charge in [-0.2, -0.15) is 15.8 Å². The van der Waals surface area contributed by atoms with E-state index < -0.39 is 0 Å². The first-order valence-electron chi connectivity index (χ1n) is 18.8. The summed E-state index contributed by atoms with van der Waals surface area (Å²) in [5.41, 5.74) is 10.4. The topological polar surface area (TPSA) is 108 Å². The molecule has 0 atom stereocenters. The Labute approximate surface area is 329 Å². The molecule has 0 bridgehead atoms. The summed E-state index contributed by atoms with van der Waals surface area (Å²) in [5.74, 6) is 0. The number of fused-ring (bicyclic) bond motifs is 12. The number of hydrogen-bond acceptors (Lipinski definition) is 5. The van der Waals surface area contributed by atoms with E-state index in [1.54, 1.807) is 6.07 Å². The Morgan fingerprint density at radius 2 is 0.914 bits per heavy atom. The number of rotatable bonds is 3. The van der Waals surface area contributed by atoms with Crippen molar-refractivity contribution in [2.24, 2.45) is 0 Å². The molecule has 7 nitrogen and oxygen atoms in total. The highest BCUT2D eigenvalue weighted by Gasteiger charge is 2.24. The van der Waals surface area contributed by atoms with Crippen LogP contribution >= 0.6 is 0 Å². The first-order chi connectivity index (χ1) is 28.6. The molecule has 58 heavy (non-hydrogen) atoms. The molecule has 0 spiro atoms. The first-order valence-corrected chi connectivity index (χ1v) is 18.8. The normalized spacial score (nSPS) is 11.7. The summed E-state index contributed by atoms with van der Waals surface area (Å²) in [6.45, 7) is 0. The largest absolute Gasteiger partial charge is 0.456 e. The molecule has 0 amide bonds. The molecule has 7 heteroatoms. The fraction of sp³-hybridized carbons (Fsp3) is 0. The number of nitriles is 3. The van der Waals surface area contributed by atoms with Crippen LogP contribution in [0, 0.1) is 34.0 Å². The second-order valence-electron chi connectivity index (χ2n) is 14.6. The Balaban J connectivity index is 1.13. The second kappa shape index (κ2) is 11.7. The quantitative estimate of drug-likeness (QED) is 0.179. The van der Waals surface area contributed by atoms with Gasteiger partial charge in [-0.15, -0.1) is 0 Å². The summed E-state index contributed by atoms with van der Waals surface area (Å²) in [4.78, 5) is 0. The van der Waals surface area contributed by atoms with E-state index in [9.17, 15) is 15.8 Å². The van der Waals surface area contributed by atoms with Crippen LogP contribution in [0.5, 0.6) is 0 Å². The van der Waals surface area contributed by atoms with E-state index in [2.05, 4.69) is 75.9 Å². The van der Waals surface area contributed by atoms with Crippen molar-refractivity contribution in [3.05, 3.63) is 168 Å². The molecule has 4 heterocycles. The van der Waals surface area contributed by atoms with Gasteiger partial charge in [0, 0.05) is 60.8 Å². The lowest BCUT2D eigenvalue weighted by Crippen LogP contribution is -2.04. The molecule has 0 saturated heterocycles. The average Bonchev–Trinajstić information content (AvgIpc) is 4.01. The van der Waals surface area contributed by atoms with Gasteiger partial charge in [-0.25, -0.2) is 0 Å². The van der Waals surface area contributed by atoms with Crippen LogP contribution in [0.4, 0.5) is 0 Å². The maximum Gasteiger partial charge on any atom is 0.137 e. The summed E-state index contributed by atoms with van der Waals surface area (Å²) in [6, 6.07) is 57.3. The molecule has 12 aromatic rings. The molecule has 0 saturated carbocycles. The first kappa shape index (κ1) is 31.7. The summed E-state index contributed by atoms with van der Waals surface area (Å²) in [5, 5.41) is 40.2. The Hall–Kier alpha value is -8.57. The molecule has 8 aromatic carbocycles. The lowest BCUT2D eigenvalue weighted by Gasteiger charge is -2.18. The SMILES string of the molecule is N#Cc1cc(-c2ccc(C#N)c(C#N)c2-n2c3ccccc3c3cc4c(cc32)oc2ccccc24)ccc1-n1c2ccccc2c2cc3c(cc21)oc1ccccc13. The Bertz CT molecular complexity index is 3910. The van der Waals surface area contributed by atoms with Crippen molar-refractivity contribution >= 4 is 87.5 Å². The number of furan rings is 2. The van der Waals surface area contributed by atoms with Gasteiger partial charge in [-0.3, -0.25) is 0 Å². The van der Waals surface area contributed by atoms with E-state index in [0.29, 0.717) is 22.5 Å². The zero-order valence-electron chi connectivity index (χ0n) is 30.5. The highest BCUT2D eigenvalue weighted by atomic mass is 16.3. The Morgan fingerprint density at radius 3 is 1.50 bits per heavy atom. The molecule has 0 unspecified atom stereocenters. The summed E-state index contributed by atoms with van der Waals surface area (Å²) in [7, 11) is 0.